The molecular formula is C27H33N3O4. The van der Waals surface area contributed by atoms with Crippen molar-refractivity contribution >= 4 is 22.6 Å². The highest BCUT2D eigenvalue weighted by Crippen LogP contribution is 2.34. The fourth-order valence-corrected chi connectivity index (χ4v) is 4.31. The van der Waals surface area contributed by atoms with Crippen molar-refractivity contribution in [2.24, 2.45) is 0 Å². The zero-order valence-electron chi connectivity index (χ0n) is 20.2. The summed E-state index contributed by atoms with van der Waals surface area (Å²) in [6.45, 7) is 5.57. The van der Waals surface area contributed by atoms with Crippen LogP contribution in [0, 0.1) is 0 Å². The minimum atomic E-state index is -0.0841. The molecule has 1 aliphatic heterocycles. The summed E-state index contributed by atoms with van der Waals surface area (Å²) in [6, 6.07) is 13.8. The lowest BCUT2D eigenvalue weighted by Crippen LogP contribution is -2.32. The number of para-hydroxylation sites is 1. The molecule has 2 heterocycles. The first-order valence-electron chi connectivity index (χ1n) is 11.9. The monoisotopic (exact) mass is 463 g/mol. The Morgan fingerprint density at radius 1 is 1.06 bits per heavy atom. The third-order valence-corrected chi connectivity index (χ3v) is 6.09. The van der Waals surface area contributed by atoms with Gasteiger partial charge in [0.2, 0.25) is 0 Å². The van der Waals surface area contributed by atoms with Crippen LogP contribution in [0.15, 0.2) is 42.5 Å². The summed E-state index contributed by atoms with van der Waals surface area (Å²) < 4.78 is 16.5. The molecule has 0 fully saturated rings. The highest BCUT2D eigenvalue weighted by molar-refractivity contribution is 6.07. The van der Waals surface area contributed by atoms with Gasteiger partial charge < -0.3 is 24.4 Å². The van der Waals surface area contributed by atoms with Gasteiger partial charge in [0.15, 0.2) is 11.5 Å². The Labute approximate surface area is 201 Å². The van der Waals surface area contributed by atoms with Crippen LogP contribution in [0.25, 0.3) is 10.9 Å². The van der Waals surface area contributed by atoms with E-state index >= 15 is 0 Å². The number of aromatic nitrogens is 1. The maximum atomic E-state index is 13.1. The summed E-state index contributed by atoms with van der Waals surface area (Å²) in [7, 11) is 3.31. The number of methoxy groups -OCH3 is 2. The summed E-state index contributed by atoms with van der Waals surface area (Å²) >= 11 is 0. The summed E-state index contributed by atoms with van der Waals surface area (Å²) in [5.74, 6) is 2.19. The lowest BCUT2D eigenvalue weighted by Gasteiger charge is -2.31. The third kappa shape index (κ3) is 5.25. The van der Waals surface area contributed by atoms with E-state index in [1.807, 2.05) is 36.4 Å². The molecule has 7 heteroatoms. The minimum absolute atomic E-state index is 0.0841. The molecule has 0 aliphatic carbocycles. The Hall–Kier alpha value is -3.32. The lowest BCUT2D eigenvalue weighted by atomic mass is 9.98. The zero-order chi connectivity index (χ0) is 23.9. The van der Waals surface area contributed by atoms with E-state index in [9.17, 15) is 4.79 Å². The van der Waals surface area contributed by atoms with E-state index in [0.717, 1.165) is 60.6 Å². The van der Waals surface area contributed by atoms with Gasteiger partial charge >= 0.3 is 0 Å². The van der Waals surface area contributed by atoms with Crippen molar-refractivity contribution in [2.75, 3.05) is 45.4 Å². The van der Waals surface area contributed by atoms with E-state index < -0.39 is 0 Å². The van der Waals surface area contributed by atoms with Crippen LogP contribution < -0.4 is 19.7 Å². The predicted octanol–water partition coefficient (Wildman–Crippen LogP) is 4.36. The number of amides is 1. The van der Waals surface area contributed by atoms with E-state index in [2.05, 4.69) is 23.2 Å². The molecule has 2 aromatic carbocycles. The van der Waals surface area contributed by atoms with Crippen molar-refractivity contribution < 1.29 is 19.0 Å². The van der Waals surface area contributed by atoms with Gasteiger partial charge in [-0.3, -0.25) is 4.79 Å². The Morgan fingerprint density at radius 2 is 1.82 bits per heavy atom. The highest BCUT2D eigenvalue weighted by Gasteiger charge is 2.22. The van der Waals surface area contributed by atoms with Gasteiger partial charge in [-0.2, -0.15) is 0 Å². The molecule has 1 N–H and O–H groups in total. The van der Waals surface area contributed by atoms with Crippen molar-refractivity contribution in [2.45, 2.75) is 32.7 Å². The van der Waals surface area contributed by atoms with Crippen molar-refractivity contribution in [1.82, 2.24) is 10.3 Å². The average Bonchev–Trinajstić information content (AvgIpc) is 2.88. The molecule has 0 spiro atoms. The number of anilines is 1. The molecule has 0 saturated heterocycles. The van der Waals surface area contributed by atoms with Crippen LogP contribution in [-0.4, -0.2) is 51.4 Å². The molecule has 1 aromatic heterocycles. The molecule has 34 heavy (non-hydrogen) atoms. The van der Waals surface area contributed by atoms with E-state index in [1.54, 1.807) is 14.2 Å². The minimum Gasteiger partial charge on any atom is -0.493 e. The second kappa shape index (κ2) is 11.2. The topological polar surface area (TPSA) is 72.9 Å². The van der Waals surface area contributed by atoms with Crippen LogP contribution in [0.4, 0.5) is 5.82 Å². The number of hydrogen-bond donors (Lipinski definition) is 1. The predicted molar refractivity (Wildman–Crippen MR) is 134 cm³/mol. The highest BCUT2D eigenvalue weighted by atomic mass is 16.5. The van der Waals surface area contributed by atoms with Crippen molar-refractivity contribution in [1.29, 1.82) is 0 Å². The summed E-state index contributed by atoms with van der Waals surface area (Å²) in [6.07, 6.45) is 2.65. The number of nitrogens with zero attached hydrogens (tertiary/aromatic N) is 2. The van der Waals surface area contributed by atoms with Crippen LogP contribution in [-0.2, 0) is 17.7 Å². The van der Waals surface area contributed by atoms with E-state index in [4.69, 9.17) is 19.2 Å². The number of carbonyl (C=O) groups excluding carboxylic acids is 1. The maximum Gasteiger partial charge on any atom is 0.252 e. The smallest absolute Gasteiger partial charge is 0.252 e. The second-order valence-electron chi connectivity index (χ2n) is 8.41. The van der Waals surface area contributed by atoms with Gasteiger partial charge in [0.05, 0.1) is 25.3 Å². The average molecular weight is 464 g/mol. The first-order chi connectivity index (χ1) is 16.6. The standard InChI is InChI=1S/C27H33N3O4/c1-4-13-34-14-7-11-28-27(31)22-17-26(29-23-9-6-5-8-21(22)23)30-12-10-19-15-24(32-2)25(33-3)16-20(19)18-30/h5-6,8-9,15-17H,4,7,10-14,18H2,1-3H3,(H,28,31). The van der Waals surface area contributed by atoms with Gasteiger partial charge in [-0.25, -0.2) is 4.98 Å². The van der Waals surface area contributed by atoms with Crippen molar-refractivity contribution in [3.05, 3.63) is 59.2 Å². The molecular weight excluding hydrogens is 430 g/mol. The number of hydrogen-bond acceptors (Lipinski definition) is 6. The quantitative estimate of drug-likeness (QED) is 0.451. The largest absolute Gasteiger partial charge is 0.493 e. The Kier molecular flexibility index (Phi) is 7.85. The fourth-order valence-electron chi connectivity index (χ4n) is 4.31. The molecule has 0 unspecified atom stereocenters. The third-order valence-electron chi connectivity index (χ3n) is 6.09. The van der Waals surface area contributed by atoms with Gasteiger partial charge in [0, 0.05) is 38.2 Å². The zero-order valence-corrected chi connectivity index (χ0v) is 20.2. The molecule has 0 saturated carbocycles. The molecule has 0 atom stereocenters. The van der Waals surface area contributed by atoms with Crippen LogP contribution in [0.3, 0.4) is 0 Å². The summed E-state index contributed by atoms with van der Waals surface area (Å²) in [4.78, 5) is 20.2. The number of rotatable bonds is 10. The number of benzene rings is 2. The summed E-state index contributed by atoms with van der Waals surface area (Å²) in [5, 5.41) is 3.90. The number of carbonyl (C=O) groups is 1. The molecule has 4 rings (SSSR count). The van der Waals surface area contributed by atoms with E-state index in [-0.39, 0.29) is 5.91 Å². The first kappa shape index (κ1) is 23.8. The van der Waals surface area contributed by atoms with E-state index in [1.165, 1.54) is 11.1 Å². The Balaban J connectivity index is 1.56. The van der Waals surface area contributed by atoms with E-state index in [0.29, 0.717) is 25.3 Å². The van der Waals surface area contributed by atoms with Crippen LogP contribution in [0.5, 0.6) is 11.5 Å². The number of nitrogens with one attached hydrogen (secondary N) is 1. The van der Waals surface area contributed by atoms with Crippen LogP contribution in [0.1, 0.15) is 41.3 Å². The van der Waals surface area contributed by atoms with Crippen molar-refractivity contribution in [3.63, 3.8) is 0 Å². The fraction of sp³-hybridized carbons (Fsp3) is 0.407. The SMILES string of the molecule is CCCOCCCNC(=O)c1cc(N2CCc3cc(OC)c(OC)cc3C2)nc2ccccc12. The Bertz CT molecular complexity index is 1150. The number of fused-ring (bicyclic) bond motifs is 2. The number of pyridine rings is 1. The van der Waals surface area contributed by atoms with Gasteiger partial charge in [0.1, 0.15) is 5.82 Å². The lowest BCUT2D eigenvalue weighted by molar-refractivity contribution is 0.0943. The normalized spacial score (nSPS) is 13.0. The maximum absolute atomic E-state index is 13.1. The van der Waals surface area contributed by atoms with Gasteiger partial charge in [-0.05, 0) is 54.7 Å². The molecule has 1 aliphatic rings. The van der Waals surface area contributed by atoms with Gasteiger partial charge in [-0.1, -0.05) is 25.1 Å². The van der Waals surface area contributed by atoms with Crippen molar-refractivity contribution in [3.8, 4) is 11.5 Å². The molecule has 180 valence electrons. The van der Waals surface area contributed by atoms with Crippen LogP contribution in [0.2, 0.25) is 0 Å². The molecule has 7 nitrogen and oxygen atoms in total. The molecule has 3 aromatic rings. The number of ether oxygens (including phenoxy) is 3. The second-order valence-corrected chi connectivity index (χ2v) is 8.41. The first-order valence-corrected chi connectivity index (χ1v) is 11.9. The van der Waals surface area contributed by atoms with Crippen LogP contribution >= 0.6 is 0 Å². The molecule has 0 bridgehead atoms. The Morgan fingerprint density at radius 3 is 2.59 bits per heavy atom. The van der Waals surface area contributed by atoms with Gasteiger partial charge in [-0.15, -0.1) is 0 Å². The van der Waals surface area contributed by atoms with Gasteiger partial charge in [0.25, 0.3) is 5.91 Å². The molecule has 0 radical (unpaired) electrons. The summed E-state index contributed by atoms with van der Waals surface area (Å²) in [5.41, 5.74) is 3.89. The molecule has 1 amide bonds.